The van der Waals surface area contributed by atoms with Crippen LogP contribution in [0.25, 0.3) is 0 Å². The highest BCUT2D eigenvalue weighted by Gasteiger charge is 2.83. The topological polar surface area (TPSA) is 111 Å². The summed E-state index contributed by atoms with van der Waals surface area (Å²) in [6.45, 7) is 16.7. The molecule has 7 aliphatic rings. The Kier molecular flexibility index (Phi) is 6.87. The van der Waals surface area contributed by atoms with Crippen molar-refractivity contribution in [2.24, 2.45) is 55.4 Å². The SMILES string of the molecule is CC1(C)CC[C@@]23CC[C@]4(C)[C@@](OC2=O)([C@@H]3C1)[C@@H](Br)C[C@H]1[C@@]2(C)CC/C(=N/OC(=O)/C=C3\SC(=O)NC3=O)C(C)(C)[C@@H]2CC[C@]14C. The first-order valence-corrected chi connectivity index (χ1v) is 18.5. The Morgan fingerprint density at radius 1 is 0.978 bits per heavy atom. The first kappa shape index (κ1) is 31.9. The van der Waals surface area contributed by atoms with E-state index in [0.29, 0.717) is 30.0 Å². The van der Waals surface area contributed by atoms with Crippen molar-refractivity contribution in [3.8, 4) is 0 Å². The van der Waals surface area contributed by atoms with Crippen LogP contribution in [-0.2, 0) is 24.0 Å². The van der Waals surface area contributed by atoms with E-state index in [1.165, 1.54) is 0 Å². The average molecular weight is 704 g/mol. The summed E-state index contributed by atoms with van der Waals surface area (Å²) in [5, 5.41) is 6.03. The number of oxime groups is 1. The lowest BCUT2D eigenvalue weighted by Gasteiger charge is -2.74. The van der Waals surface area contributed by atoms with E-state index in [1.807, 2.05) is 0 Å². The van der Waals surface area contributed by atoms with Crippen LogP contribution in [0.3, 0.4) is 0 Å². The van der Waals surface area contributed by atoms with Gasteiger partial charge in [0, 0.05) is 22.8 Å². The van der Waals surface area contributed by atoms with Crippen molar-refractivity contribution in [1.82, 2.24) is 5.32 Å². The molecule has 0 radical (unpaired) electrons. The van der Waals surface area contributed by atoms with Crippen LogP contribution in [0.5, 0.6) is 0 Å². The molecule has 9 atom stereocenters. The fourth-order valence-corrected chi connectivity index (χ4v) is 14.3. The molecule has 5 saturated carbocycles. The fraction of sp³-hybridized carbons (Fsp3) is 0.800. The van der Waals surface area contributed by atoms with E-state index in [0.717, 1.165) is 69.6 Å². The van der Waals surface area contributed by atoms with E-state index >= 15 is 0 Å². The molecule has 5 aliphatic carbocycles. The van der Waals surface area contributed by atoms with Gasteiger partial charge in [0.15, 0.2) is 0 Å². The predicted octanol–water partition coefficient (Wildman–Crippen LogP) is 7.69. The second-order valence-corrected chi connectivity index (χ2v) is 19.5. The van der Waals surface area contributed by atoms with Crippen molar-refractivity contribution < 1.29 is 28.8 Å². The Morgan fingerprint density at radius 2 is 1.69 bits per heavy atom. The zero-order chi connectivity index (χ0) is 32.6. The molecule has 10 heteroatoms. The highest BCUT2D eigenvalue weighted by atomic mass is 79.9. The van der Waals surface area contributed by atoms with E-state index in [4.69, 9.17) is 9.57 Å². The van der Waals surface area contributed by atoms with Crippen LogP contribution in [0.1, 0.15) is 113 Å². The summed E-state index contributed by atoms with van der Waals surface area (Å²) < 4.78 is 6.88. The van der Waals surface area contributed by atoms with Crippen molar-refractivity contribution >= 4 is 56.5 Å². The van der Waals surface area contributed by atoms with E-state index in [-0.39, 0.29) is 54.1 Å². The second-order valence-electron chi connectivity index (χ2n) is 17.4. The number of amides is 2. The van der Waals surface area contributed by atoms with Gasteiger partial charge >= 0.3 is 11.9 Å². The summed E-state index contributed by atoms with van der Waals surface area (Å²) in [6.07, 6.45) is 10.8. The molecule has 7 rings (SSSR count). The van der Waals surface area contributed by atoms with Gasteiger partial charge in [0.05, 0.1) is 20.9 Å². The van der Waals surface area contributed by atoms with Crippen LogP contribution in [0.15, 0.2) is 16.1 Å². The molecule has 1 spiro atoms. The largest absolute Gasteiger partial charge is 0.457 e. The maximum atomic E-state index is 13.9. The van der Waals surface area contributed by atoms with E-state index in [9.17, 15) is 19.2 Å². The molecule has 2 saturated heterocycles. The van der Waals surface area contributed by atoms with Crippen molar-refractivity contribution in [3.05, 3.63) is 11.0 Å². The molecule has 0 aromatic carbocycles. The van der Waals surface area contributed by atoms with Gasteiger partial charge in [-0.1, -0.05) is 69.6 Å². The predicted molar refractivity (Wildman–Crippen MR) is 175 cm³/mol. The van der Waals surface area contributed by atoms with E-state index in [2.05, 4.69) is 74.9 Å². The molecule has 0 unspecified atom stereocenters. The number of hydrogen-bond donors (Lipinski definition) is 1. The van der Waals surface area contributed by atoms with Gasteiger partial charge < -0.3 is 9.57 Å². The van der Waals surface area contributed by atoms with Crippen molar-refractivity contribution in [2.45, 2.75) is 123 Å². The number of thioether (sulfide) groups is 1. The summed E-state index contributed by atoms with van der Waals surface area (Å²) in [7, 11) is 0. The highest BCUT2D eigenvalue weighted by molar-refractivity contribution is 9.09. The first-order chi connectivity index (χ1) is 20.9. The number of nitrogens with one attached hydrogen (secondary N) is 1. The smallest absolute Gasteiger partial charge is 0.359 e. The molecule has 45 heavy (non-hydrogen) atoms. The van der Waals surface area contributed by atoms with Crippen LogP contribution in [0, 0.1) is 50.2 Å². The van der Waals surface area contributed by atoms with E-state index < -0.39 is 22.7 Å². The monoisotopic (exact) mass is 702 g/mol. The number of rotatable bonds is 2. The van der Waals surface area contributed by atoms with Gasteiger partial charge in [0.2, 0.25) is 0 Å². The number of ether oxygens (including phenoxy) is 1. The van der Waals surface area contributed by atoms with Crippen molar-refractivity contribution in [3.63, 3.8) is 0 Å². The molecular weight excluding hydrogens is 656 g/mol. The van der Waals surface area contributed by atoms with Crippen LogP contribution in [0.4, 0.5) is 4.79 Å². The Bertz CT molecular complexity index is 1470. The Hall–Kier alpha value is -1.68. The van der Waals surface area contributed by atoms with Crippen LogP contribution < -0.4 is 5.32 Å². The number of alkyl halides is 1. The summed E-state index contributed by atoms with van der Waals surface area (Å²) in [5.41, 5.74) is -0.174. The second kappa shape index (κ2) is 9.70. The van der Waals surface area contributed by atoms with Gasteiger partial charge in [-0.05, 0) is 104 Å². The Labute approximate surface area is 279 Å². The van der Waals surface area contributed by atoms with Gasteiger partial charge in [-0.25, -0.2) is 4.79 Å². The molecule has 1 N–H and O–H groups in total. The minimum atomic E-state index is -0.756. The zero-order valence-corrected chi connectivity index (χ0v) is 30.0. The number of carbonyl (C=O) groups is 4. The molecule has 8 nitrogen and oxygen atoms in total. The molecule has 2 heterocycles. The fourth-order valence-electron chi connectivity index (χ4n) is 12.4. The van der Waals surface area contributed by atoms with Gasteiger partial charge in [-0.3, -0.25) is 19.7 Å². The summed E-state index contributed by atoms with van der Waals surface area (Å²) in [5.74, 6) is -0.276. The highest BCUT2D eigenvalue weighted by Crippen LogP contribution is 2.81. The minimum Gasteiger partial charge on any atom is -0.457 e. The standard InChI is InChI=1S/C35H47BrN2O6S/c1-29(2)12-14-34-15-13-33(7)32(6)11-8-20-30(3,4)24(38-44-25(39)16-19-26(40)37-28(42)45-19)9-10-31(20,5)21(32)17-23(36)35(33,22(34)18-29)43-27(34)41/h16,20-23H,8-15,17-18H2,1-7H3,(H,37,40,42)/b19-16-,38-24-/t20-,21-,22+,23-,31-,32+,33-,34-,35+/m0/s1. The molecule has 2 aliphatic heterocycles. The normalized spacial score (nSPS) is 49.4. The number of esters is 1. The van der Waals surface area contributed by atoms with Gasteiger partial charge in [-0.15, -0.1) is 0 Å². The first-order valence-electron chi connectivity index (χ1n) is 16.8. The summed E-state index contributed by atoms with van der Waals surface area (Å²) in [6, 6.07) is 0. The summed E-state index contributed by atoms with van der Waals surface area (Å²) >= 11 is 4.96. The number of nitrogens with zero attached hydrogens (tertiary/aromatic N) is 1. The van der Waals surface area contributed by atoms with Gasteiger partial charge in [0.25, 0.3) is 11.1 Å². The Morgan fingerprint density at radius 3 is 2.38 bits per heavy atom. The zero-order valence-electron chi connectivity index (χ0n) is 27.6. The van der Waals surface area contributed by atoms with Crippen LogP contribution in [-0.4, -0.2) is 39.2 Å². The lowest BCUT2D eigenvalue weighted by Crippen LogP contribution is -2.75. The molecule has 246 valence electrons. The summed E-state index contributed by atoms with van der Waals surface area (Å²) in [4.78, 5) is 55.3. The number of fused-ring (bicyclic) bond motifs is 4. The third kappa shape index (κ3) is 3.99. The van der Waals surface area contributed by atoms with E-state index in [1.54, 1.807) is 0 Å². The minimum absolute atomic E-state index is 0.00121. The molecule has 2 amide bonds. The van der Waals surface area contributed by atoms with Crippen LogP contribution >= 0.6 is 27.7 Å². The molecule has 0 aromatic rings. The maximum Gasteiger partial charge on any atom is 0.359 e. The number of carbonyl (C=O) groups excluding carboxylic acids is 4. The van der Waals surface area contributed by atoms with Crippen molar-refractivity contribution in [2.75, 3.05) is 0 Å². The third-order valence-electron chi connectivity index (χ3n) is 14.9. The molecular formula is C35H47BrN2O6S. The molecule has 7 fully saturated rings. The lowest BCUT2D eigenvalue weighted by atomic mass is 9.31. The van der Waals surface area contributed by atoms with Gasteiger partial charge in [0.1, 0.15) is 5.60 Å². The number of imide groups is 1. The average Bonchev–Trinajstić information content (AvgIpc) is 3.35. The number of hydrogen-bond acceptors (Lipinski definition) is 8. The third-order valence-corrected chi connectivity index (χ3v) is 16.8. The lowest BCUT2D eigenvalue weighted by molar-refractivity contribution is -0.272. The Balaban J connectivity index is 1.19. The van der Waals surface area contributed by atoms with Crippen LogP contribution in [0.2, 0.25) is 0 Å². The van der Waals surface area contributed by atoms with Gasteiger partial charge in [-0.2, -0.15) is 0 Å². The quantitative estimate of drug-likeness (QED) is 0.103. The maximum absolute atomic E-state index is 13.9. The molecule has 2 bridgehead atoms. The number of halogens is 1. The molecule has 0 aromatic heterocycles. The van der Waals surface area contributed by atoms with Crippen molar-refractivity contribution in [1.29, 1.82) is 0 Å².